The van der Waals surface area contributed by atoms with Crippen LogP contribution < -0.4 is 14.2 Å². The zero-order valence-electron chi connectivity index (χ0n) is 19.5. The Kier molecular flexibility index (Phi) is 6.32. The second-order valence-corrected chi connectivity index (χ2v) is 9.61. The molecule has 0 aromatic heterocycles. The average molecular weight is 497 g/mol. The van der Waals surface area contributed by atoms with Crippen LogP contribution in [0, 0.1) is 17.7 Å². The monoisotopic (exact) mass is 496 g/mol. The van der Waals surface area contributed by atoms with Crippen molar-refractivity contribution in [1.82, 2.24) is 0 Å². The molecule has 0 spiro atoms. The highest BCUT2D eigenvalue weighted by atomic mass is 35.5. The van der Waals surface area contributed by atoms with E-state index in [0.29, 0.717) is 45.9 Å². The quantitative estimate of drug-likeness (QED) is 0.386. The summed E-state index contributed by atoms with van der Waals surface area (Å²) in [5.41, 5.74) is 2.67. The summed E-state index contributed by atoms with van der Waals surface area (Å²) in [6, 6.07) is 15.6. The molecule has 1 aliphatic heterocycles. The van der Waals surface area contributed by atoms with Gasteiger partial charge in [0.1, 0.15) is 18.2 Å². The summed E-state index contributed by atoms with van der Waals surface area (Å²) in [6.45, 7) is 2.06. The lowest BCUT2D eigenvalue weighted by atomic mass is 9.83. The third kappa shape index (κ3) is 4.67. The van der Waals surface area contributed by atoms with Gasteiger partial charge in [0.25, 0.3) is 0 Å². The molecule has 5 nitrogen and oxygen atoms in total. The Bertz CT molecular complexity index is 1270. The van der Waals surface area contributed by atoms with Crippen LogP contribution in [0.4, 0.5) is 4.39 Å². The summed E-state index contributed by atoms with van der Waals surface area (Å²) in [7, 11) is 1.53. The molecule has 3 aromatic carbocycles. The fourth-order valence-electron chi connectivity index (χ4n) is 4.83. The average Bonchev–Trinajstić information content (AvgIpc) is 3.69. The number of methoxy groups -OCH3 is 1. The first kappa shape index (κ1) is 23.5. The number of halogens is 2. The highest BCUT2D eigenvalue weighted by molar-refractivity contribution is 6.33. The van der Waals surface area contributed by atoms with Crippen molar-refractivity contribution >= 4 is 17.6 Å². The number of carboxylic acid groups (broad SMARTS) is 1. The van der Waals surface area contributed by atoms with Crippen LogP contribution >= 0.6 is 11.6 Å². The van der Waals surface area contributed by atoms with E-state index in [4.69, 9.17) is 25.8 Å². The van der Waals surface area contributed by atoms with Crippen molar-refractivity contribution in [3.8, 4) is 28.4 Å². The predicted octanol–water partition coefficient (Wildman–Crippen LogP) is 6.88. The number of rotatable bonds is 7. The van der Waals surface area contributed by atoms with E-state index in [-0.39, 0.29) is 11.7 Å². The first-order valence-electron chi connectivity index (χ1n) is 11.6. The van der Waals surface area contributed by atoms with E-state index in [9.17, 15) is 14.3 Å². The van der Waals surface area contributed by atoms with Crippen LogP contribution in [0.5, 0.6) is 17.2 Å². The molecule has 182 valence electrons. The van der Waals surface area contributed by atoms with Gasteiger partial charge >= 0.3 is 5.97 Å². The van der Waals surface area contributed by atoms with Crippen molar-refractivity contribution in [2.24, 2.45) is 11.8 Å². The van der Waals surface area contributed by atoms with E-state index in [1.807, 2.05) is 24.3 Å². The second kappa shape index (κ2) is 9.42. The molecule has 1 aliphatic carbocycles. The molecular weight excluding hydrogens is 471 g/mol. The summed E-state index contributed by atoms with van der Waals surface area (Å²) in [5, 5.41) is 9.99. The summed E-state index contributed by atoms with van der Waals surface area (Å²) < 4.78 is 31.9. The Labute approximate surface area is 208 Å². The van der Waals surface area contributed by atoms with Gasteiger partial charge in [-0.2, -0.15) is 0 Å². The SMILES string of the molecule is COc1ccc(F)c(-c2ccc([C@H]3COc4ccc([C@H](C5CC5)[C@H](C)C(=O)O)cc4O3)cc2Cl)c1. The molecule has 3 aromatic rings. The highest BCUT2D eigenvalue weighted by Gasteiger charge is 2.39. The van der Waals surface area contributed by atoms with Crippen LogP contribution in [0.15, 0.2) is 54.6 Å². The summed E-state index contributed by atoms with van der Waals surface area (Å²) in [4.78, 5) is 11.7. The first-order valence-corrected chi connectivity index (χ1v) is 12.0. The smallest absolute Gasteiger partial charge is 0.306 e. The highest BCUT2D eigenvalue weighted by Crippen LogP contribution is 2.49. The minimum Gasteiger partial charge on any atom is -0.497 e. The van der Waals surface area contributed by atoms with Crippen molar-refractivity contribution in [2.75, 3.05) is 13.7 Å². The van der Waals surface area contributed by atoms with Gasteiger partial charge in [0.05, 0.1) is 13.0 Å². The van der Waals surface area contributed by atoms with E-state index >= 15 is 0 Å². The lowest BCUT2D eigenvalue weighted by Crippen LogP contribution is -2.23. The molecule has 1 fully saturated rings. The van der Waals surface area contributed by atoms with Gasteiger partial charge in [-0.25, -0.2) is 4.39 Å². The van der Waals surface area contributed by atoms with Gasteiger partial charge in [-0.15, -0.1) is 0 Å². The van der Waals surface area contributed by atoms with E-state index in [1.165, 1.54) is 13.2 Å². The van der Waals surface area contributed by atoms with Crippen LogP contribution in [0.3, 0.4) is 0 Å². The molecule has 3 atom stereocenters. The van der Waals surface area contributed by atoms with Crippen LogP contribution in [0.2, 0.25) is 5.02 Å². The number of benzene rings is 3. The number of aliphatic carboxylic acids is 1. The summed E-state index contributed by atoms with van der Waals surface area (Å²) in [5.74, 6) is 0.404. The Morgan fingerprint density at radius 2 is 1.89 bits per heavy atom. The molecule has 1 saturated carbocycles. The molecule has 0 radical (unpaired) electrons. The number of carboxylic acids is 1. The number of hydrogen-bond acceptors (Lipinski definition) is 4. The van der Waals surface area contributed by atoms with Crippen molar-refractivity contribution in [1.29, 1.82) is 0 Å². The molecule has 0 unspecified atom stereocenters. The van der Waals surface area contributed by atoms with E-state index in [1.54, 1.807) is 31.2 Å². The van der Waals surface area contributed by atoms with Crippen LogP contribution in [-0.2, 0) is 4.79 Å². The molecule has 0 bridgehead atoms. The lowest BCUT2D eigenvalue weighted by molar-refractivity contribution is -0.142. The predicted molar refractivity (Wildman–Crippen MR) is 131 cm³/mol. The van der Waals surface area contributed by atoms with Gasteiger partial charge in [-0.1, -0.05) is 36.7 Å². The maximum atomic E-state index is 14.5. The van der Waals surface area contributed by atoms with Crippen LogP contribution in [0.1, 0.15) is 42.9 Å². The largest absolute Gasteiger partial charge is 0.497 e. The Hall–Kier alpha value is -3.25. The molecular formula is C28H26ClFO5. The van der Waals surface area contributed by atoms with Crippen molar-refractivity contribution in [3.63, 3.8) is 0 Å². The second-order valence-electron chi connectivity index (χ2n) is 9.20. The van der Waals surface area contributed by atoms with E-state index in [2.05, 4.69) is 0 Å². The minimum absolute atomic E-state index is 0.0618. The minimum atomic E-state index is -0.795. The molecule has 0 amide bonds. The molecule has 0 saturated heterocycles. The zero-order chi connectivity index (χ0) is 24.7. The maximum Gasteiger partial charge on any atom is 0.306 e. The lowest BCUT2D eigenvalue weighted by Gasteiger charge is -2.29. The first-order chi connectivity index (χ1) is 16.9. The summed E-state index contributed by atoms with van der Waals surface area (Å²) >= 11 is 6.56. The van der Waals surface area contributed by atoms with Crippen LogP contribution in [0.25, 0.3) is 11.1 Å². The number of fused-ring (bicyclic) bond motifs is 1. The Morgan fingerprint density at radius 3 is 2.57 bits per heavy atom. The molecule has 1 heterocycles. The van der Waals surface area contributed by atoms with Gasteiger partial charge in [-0.3, -0.25) is 4.79 Å². The number of ether oxygens (including phenoxy) is 3. The molecule has 1 N–H and O–H groups in total. The standard InChI is InChI=1S/C28H26ClFO5/c1-15(28(31)32)27(16-3-4-16)18-6-10-24-25(12-18)35-26(14-34-24)17-5-8-20(22(29)11-17)21-13-19(33-2)7-9-23(21)30/h5-13,15-16,26-27H,3-4,14H2,1-2H3,(H,31,32)/t15-,26+,27-/m0/s1. The number of hydrogen-bond donors (Lipinski definition) is 1. The number of carbonyl (C=O) groups is 1. The molecule has 5 rings (SSSR count). The molecule has 2 aliphatic rings. The van der Waals surface area contributed by atoms with Crippen molar-refractivity contribution in [3.05, 3.63) is 76.6 Å². The molecule has 7 heteroatoms. The summed E-state index contributed by atoms with van der Waals surface area (Å²) in [6.07, 6.45) is 1.67. The Morgan fingerprint density at radius 1 is 1.09 bits per heavy atom. The third-order valence-corrected chi connectivity index (χ3v) is 7.21. The van der Waals surface area contributed by atoms with Crippen LogP contribution in [-0.4, -0.2) is 24.8 Å². The zero-order valence-corrected chi connectivity index (χ0v) is 20.2. The maximum absolute atomic E-state index is 14.5. The molecule has 35 heavy (non-hydrogen) atoms. The third-order valence-electron chi connectivity index (χ3n) is 6.90. The van der Waals surface area contributed by atoms with Crippen molar-refractivity contribution < 1.29 is 28.5 Å². The Balaban J connectivity index is 1.41. The van der Waals surface area contributed by atoms with Crippen molar-refractivity contribution in [2.45, 2.75) is 31.8 Å². The van der Waals surface area contributed by atoms with Gasteiger partial charge in [0.15, 0.2) is 17.6 Å². The van der Waals surface area contributed by atoms with Gasteiger partial charge in [0.2, 0.25) is 0 Å². The van der Waals surface area contributed by atoms with E-state index in [0.717, 1.165) is 24.0 Å². The fraction of sp³-hybridized carbons (Fsp3) is 0.321. The normalized spacial score (nSPS) is 18.6. The van der Waals surface area contributed by atoms with E-state index < -0.39 is 18.0 Å². The van der Waals surface area contributed by atoms with Gasteiger partial charge in [-0.05, 0) is 72.2 Å². The fourth-order valence-corrected chi connectivity index (χ4v) is 5.12. The topological polar surface area (TPSA) is 65.0 Å². The van der Waals surface area contributed by atoms with Gasteiger partial charge < -0.3 is 19.3 Å². The van der Waals surface area contributed by atoms with Gasteiger partial charge in [0, 0.05) is 16.1 Å².